The first-order chi connectivity index (χ1) is 11.4. The third-order valence-corrected chi connectivity index (χ3v) is 3.36. The fraction of sp³-hybridized carbons (Fsp3) is 0.350. The van der Waals surface area contributed by atoms with Gasteiger partial charge in [-0.2, -0.15) is 0 Å². The molecule has 1 aromatic carbocycles. The molecule has 0 aliphatic rings. The molecule has 1 N–H and O–H groups in total. The summed E-state index contributed by atoms with van der Waals surface area (Å²) in [4.78, 5) is 11.7. The van der Waals surface area contributed by atoms with E-state index in [1.54, 1.807) is 18.2 Å². The first-order valence-electron chi connectivity index (χ1n) is 7.93. The zero-order valence-electron chi connectivity index (χ0n) is 14.8. The van der Waals surface area contributed by atoms with Crippen molar-refractivity contribution < 1.29 is 19.4 Å². The minimum Gasteiger partial charge on any atom is -0.504 e. The lowest BCUT2D eigenvalue weighted by atomic mass is 10.1. The van der Waals surface area contributed by atoms with Crippen LogP contribution >= 0.6 is 0 Å². The highest BCUT2D eigenvalue weighted by molar-refractivity contribution is 5.87. The fourth-order valence-electron chi connectivity index (χ4n) is 1.97. The molecule has 4 heteroatoms. The third-order valence-electron chi connectivity index (χ3n) is 3.36. The number of phenolic OH excluding ortho intramolecular Hbond substituents is 1. The van der Waals surface area contributed by atoms with Crippen molar-refractivity contribution in [2.45, 2.75) is 33.6 Å². The van der Waals surface area contributed by atoms with Crippen molar-refractivity contribution in [2.24, 2.45) is 0 Å². The Balaban J connectivity index is 2.44. The number of carbonyl (C=O) groups is 1. The molecule has 0 unspecified atom stereocenters. The molecule has 0 fully saturated rings. The predicted molar refractivity (Wildman–Crippen MR) is 97.1 cm³/mol. The topological polar surface area (TPSA) is 55.8 Å². The SMILES string of the molecule is COc1cc(C=CC(=O)OC/C=C(\C)CCC=C(C)C)ccc1O. The number of phenols is 1. The molecule has 0 radical (unpaired) electrons. The van der Waals surface area contributed by atoms with Crippen molar-refractivity contribution in [1.82, 2.24) is 0 Å². The zero-order valence-corrected chi connectivity index (χ0v) is 14.8. The Kier molecular flexibility index (Phi) is 8.41. The number of esters is 1. The first kappa shape index (κ1) is 19.6. The smallest absolute Gasteiger partial charge is 0.331 e. The Hall–Kier alpha value is -2.49. The molecule has 0 aromatic heterocycles. The molecule has 0 amide bonds. The lowest BCUT2D eigenvalue weighted by Gasteiger charge is -2.03. The lowest BCUT2D eigenvalue weighted by Crippen LogP contribution is -2.00. The van der Waals surface area contributed by atoms with E-state index in [0.717, 1.165) is 18.4 Å². The standard InChI is InChI=1S/C20H26O4/c1-15(2)6-5-7-16(3)12-13-24-20(22)11-9-17-8-10-18(21)19(14-17)23-4/h6,8-12,14,21H,5,7,13H2,1-4H3/b11-9?,16-12+. The average molecular weight is 330 g/mol. The molecule has 4 nitrogen and oxygen atoms in total. The summed E-state index contributed by atoms with van der Waals surface area (Å²) in [5.41, 5.74) is 3.26. The van der Waals surface area contributed by atoms with Gasteiger partial charge in [0.05, 0.1) is 7.11 Å². The molecule has 0 spiro atoms. The van der Waals surface area contributed by atoms with Gasteiger partial charge in [-0.1, -0.05) is 23.3 Å². The van der Waals surface area contributed by atoms with E-state index in [9.17, 15) is 9.90 Å². The second kappa shape index (κ2) is 10.3. The molecular formula is C20H26O4. The van der Waals surface area contributed by atoms with Crippen molar-refractivity contribution in [3.63, 3.8) is 0 Å². The minimum atomic E-state index is -0.407. The Morgan fingerprint density at radius 1 is 1.21 bits per heavy atom. The van der Waals surface area contributed by atoms with Gasteiger partial charge < -0.3 is 14.6 Å². The summed E-state index contributed by atoms with van der Waals surface area (Å²) in [6.07, 6.45) is 9.06. The number of carbonyl (C=O) groups excluding carboxylic acids is 1. The molecule has 0 bridgehead atoms. The van der Waals surface area contributed by atoms with Crippen LogP contribution in [-0.2, 0) is 9.53 Å². The summed E-state index contributed by atoms with van der Waals surface area (Å²) in [6, 6.07) is 4.85. The second-order valence-corrected chi connectivity index (χ2v) is 5.77. The van der Waals surface area contributed by atoms with Crippen LogP contribution in [0.4, 0.5) is 0 Å². The highest BCUT2D eigenvalue weighted by atomic mass is 16.5. The van der Waals surface area contributed by atoms with Crippen molar-refractivity contribution in [1.29, 1.82) is 0 Å². The van der Waals surface area contributed by atoms with E-state index in [-0.39, 0.29) is 12.4 Å². The van der Waals surface area contributed by atoms with Gasteiger partial charge in [0.25, 0.3) is 0 Å². The van der Waals surface area contributed by atoms with Crippen LogP contribution in [0.25, 0.3) is 6.08 Å². The highest BCUT2D eigenvalue weighted by Crippen LogP contribution is 2.26. The Morgan fingerprint density at radius 3 is 2.62 bits per heavy atom. The molecule has 0 heterocycles. The normalized spacial score (nSPS) is 11.4. The fourth-order valence-corrected chi connectivity index (χ4v) is 1.97. The van der Waals surface area contributed by atoms with Crippen LogP contribution in [0.15, 0.2) is 47.6 Å². The van der Waals surface area contributed by atoms with E-state index in [2.05, 4.69) is 19.9 Å². The van der Waals surface area contributed by atoms with E-state index in [1.165, 1.54) is 30.4 Å². The van der Waals surface area contributed by atoms with E-state index in [4.69, 9.17) is 9.47 Å². The molecule has 0 atom stereocenters. The summed E-state index contributed by atoms with van der Waals surface area (Å²) in [5, 5.41) is 9.52. The van der Waals surface area contributed by atoms with Gasteiger partial charge in [0.2, 0.25) is 0 Å². The van der Waals surface area contributed by atoms with Crippen LogP contribution in [0.5, 0.6) is 11.5 Å². The largest absolute Gasteiger partial charge is 0.504 e. The molecule has 24 heavy (non-hydrogen) atoms. The molecule has 0 aliphatic carbocycles. The highest BCUT2D eigenvalue weighted by Gasteiger charge is 2.01. The van der Waals surface area contributed by atoms with Crippen molar-refractivity contribution in [3.8, 4) is 11.5 Å². The Morgan fingerprint density at radius 2 is 1.96 bits per heavy atom. The van der Waals surface area contributed by atoms with Crippen LogP contribution in [0.2, 0.25) is 0 Å². The maximum atomic E-state index is 11.7. The van der Waals surface area contributed by atoms with E-state index >= 15 is 0 Å². The number of benzene rings is 1. The van der Waals surface area contributed by atoms with Crippen molar-refractivity contribution in [3.05, 3.63) is 53.1 Å². The minimum absolute atomic E-state index is 0.0611. The summed E-state index contributed by atoms with van der Waals surface area (Å²) in [7, 11) is 1.48. The lowest BCUT2D eigenvalue weighted by molar-refractivity contribution is -0.136. The monoisotopic (exact) mass is 330 g/mol. The van der Waals surface area contributed by atoms with Crippen LogP contribution in [-0.4, -0.2) is 24.8 Å². The Labute approximate surface area is 144 Å². The van der Waals surface area contributed by atoms with Crippen LogP contribution in [0.3, 0.4) is 0 Å². The number of aromatic hydroxyl groups is 1. The molecular weight excluding hydrogens is 304 g/mol. The molecule has 130 valence electrons. The zero-order chi connectivity index (χ0) is 17.9. The molecule has 0 saturated heterocycles. The third kappa shape index (κ3) is 7.68. The number of methoxy groups -OCH3 is 1. The van der Waals surface area contributed by atoms with Gasteiger partial charge in [-0.15, -0.1) is 0 Å². The van der Waals surface area contributed by atoms with E-state index in [0.29, 0.717) is 5.75 Å². The Bertz CT molecular complexity index is 635. The molecule has 1 aromatic rings. The van der Waals surface area contributed by atoms with Gasteiger partial charge in [-0.3, -0.25) is 0 Å². The number of hydrogen-bond acceptors (Lipinski definition) is 4. The van der Waals surface area contributed by atoms with Gasteiger partial charge in [0, 0.05) is 6.08 Å². The number of ether oxygens (including phenoxy) is 2. The first-order valence-corrected chi connectivity index (χ1v) is 7.93. The summed E-state index contributed by atoms with van der Waals surface area (Å²) in [6.45, 7) is 6.46. The second-order valence-electron chi connectivity index (χ2n) is 5.77. The van der Waals surface area contributed by atoms with E-state index in [1.807, 2.05) is 13.0 Å². The summed E-state index contributed by atoms with van der Waals surface area (Å²) < 4.78 is 10.2. The van der Waals surface area contributed by atoms with Crippen LogP contribution in [0.1, 0.15) is 39.2 Å². The van der Waals surface area contributed by atoms with Crippen molar-refractivity contribution >= 4 is 12.0 Å². The van der Waals surface area contributed by atoms with Gasteiger partial charge in [-0.05, 0) is 63.5 Å². The summed E-state index contributed by atoms with van der Waals surface area (Å²) >= 11 is 0. The maximum Gasteiger partial charge on any atom is 0.331 e. The van der Waals surface area contributed by atoms with Gasteiger partial charge in [0.1, 0.15) is 6.61 Å². The molecule has 0 saturated carbocycles. The number of allylic oxidation sites excluding steroid dienone is 3. The summed E-state index contributed by atoms with van der Waals surface area (Å²) in [5.74, 6) is 0.0155. The van der Waals surface area contributed by atoms with Gasteiger partial charge in [-0.25, -0.2) is 4.79 Å². The molecule has 1 rings (SSSR count). The van der Waals surface area contributed by atoms with E-state index < -0.39 is 5.97 Å². The number of rotatable bonds is 8. The van der Waals surface area contributed by atoms with Gasteiger partial charge >= 0.3 is 5.97 Å². The van der Waals surface area contributed by atoms with Crippen LogP contribution < -0.4 is 4.74 Å². The predicted octanol–water partition coefficient (Wildman–Crippen LogP) is 4.65. The average Bonchev–Trinajstić information content (AvgIpc) is 2.53. The van der Waals surface area contributed by atoms with Crippen LogP contribution in [0, 0.1) is 0 Å². The van der Waals surface area contributed by atoms with Gasteiger partial charge in [0.15, 0.2) is 11.5 Å². The van der Waals surface area contributed by atoms with Crippen molar-refractivity contribution in [2.75, 3.05) is 13.7 Å². The maximum absolute atomic E-state index is 11.7. The molecule has 0 aliphatic heterocycles. The number of hydrogen-bond donors (Lipinski definition) is 1. The quantitative estimate of drug-likeness (QED) is 0.428.